The van der Waals surface area contributed by atoms with Gasteiger partial charge in [-0.2, -0.15) is 4.98 Å². The van der Waals surface area contributed by atoms with Gasteiger partial charge in [-0.3, -0.25) is 0 Å². The molecule has 3 rings (SSSR count). The van der Waals surface area contributed by atoms with Crippen molar-refractivity contribution in [2.75, 3.05) is 11.9 Å². The van der Waals surface area contributed by atoms with E-state index in [1.54, 1.807) is 4.52 Å². The van der Waals surface area contributed by atoms with Crippen molar-refractivity contribution in [3.8, 4) is 0 Å². The van der Waals surface area contributed by atoms with Crippen molar-refractivity contribution in [3.63, 3.8) is 0 Å². The summed E-state index contributed by atoms with van der Waals surface area (Å²) in [4.78, 5) is 4.46. The molecule has 0 atom stereocenters. The van der Waals surface area contributed by atoms with Crippen molar-refractivity contribution >= 4 is 11.6 Å². The molecule has 0 aliphatic carbocycles. The summed E-state index contributed by atoms with van der Waals surface area (Å²) in [7, 11) is 0. The predicted molar refractivity (Wildman–Crippen MR) is 81.1 cm³/mol. The molecular weight excluding hydrogens is 248 g/mol. The zero-order valence-corrected chi connectivity index (χ0v) is 11.8. The minimum Gasteiger partial charge on any atom is -0.353 e. The van der Waals surface area contributed by atoms with Gasteiger partial charge in [0, 0.05) is 12.7 Å². The van der Waals surface area contributed by atoms with Crippen molar-refractivity contribution in [2.45, 2.75) is 20.3 Å². The number of aromatic nitrogens is 3. The van der Waals surface area contributed by atoms with Crippen molar-refractivity contribution in [3.05, 3.63) is 59.3 Å². The molecule has 0 amide bonds. The van der Waals surface area contributed by atoms with Gasteiger partial charge in [-0.1, -0.05) is 29.8 Å². The van der Waals surface area contributed by atoms with Gasteiger partial charge in [-0.25, -0.2) is 4.52 Å². The van der Waals surface area contributed by atoms with Crippen molar-refractivity contribution in [1.29, 1.82) is 0 Å². The van der Waals surface area contributed by atoms with E-state index in [0.29, 0.717) is 5.95 Å². The van der Waals surface area contributed by atoms with E-state index in [4.69, 9.17) is 0 Å². The van der Waals surface area contributed by atoms with Crippen LogP contribution in [0.25, 0.3) is 5.65 Å². The fourth-order valence-electron chi connectivity index (χ4n) is 2.24. The molecule has 4 nitrogen and oxygen atoms in total. The van der Waals surface area contributed by atoms with Crippen molar-refractivity contribution < 1.29 is 0 Å². The average Bonchev–Trinajstić information content (AvgIpc) is 2.80. The zero-order chi connectivity index (χ0) is 13.9. The molecule has 20 heavy (non-hydrogen) atoms. The summed E-state index contributed by atoms with van der Waals surface area (Å²) in [5.74, 6) is 0.684. The first-order valence-electron chi connectivity index (χ1n) is 6.83. The molecule has 0 saturated heterocycles. The van der Waals surface area contributed by atoms with Gasteiger partial charge in [0.25, 0.3) is 0 Å². The fourth-order valence-corrected chi connectivity index (χ4v) is 2.24. The smallest absolute Gasteiger partial charge is 0.243 e. The molecule has 4 heteroatoms. The Kier molecular flexibility index (Phi) is 3.37. The van der Waals surface area contributed by atoms with Crippen LogP contribution in [0.5, 0.6) is 0 Å². The maximum atomic E-state index is 4.46. The standard InChI is InChI=1S/C16H18N4/c1-12-4-3-5-14(10-12)6-8-17-16-18-15-11-13(2)7-9-20(15)19-16/h3-5,7,9-11H,6,8H2,1-2H3,(H,17,19). The largest absolute Gasteiger partial charge is 0.353 e. The van der Waals surface area contributed by atoms with Gasteiger partial charge in [0.1, 0.15) is 0 Å². The normalized spacial score (nSPS) is 10.9. The molecular formula is C16H18N4. The summed E-state index contributed by atoms with van der Waals surface area (Å²) in [6.45, 7) is 5.00. The summed E-state index contributed by atoms with van der Waals surface area (Å²) in [6.07, 6.45) is 2.90. The molecule has 0 bridgehead atoms. The Labute approximate surface area is 118 Å². The fraction of sp³-hybridized carbons (Fsp3) is 0.250. The Morgan fingerprint density at radius 3 is 2.80 bits per heavy atom. The molecule has 102 valence electrons. The number of hydrogen-bond acceptors (Lipinski definition) is 3. The molecule has 1 aromatic carbocycles. The molecule has 0 aliphatic heterocycles. The highest BCUT2D eigenvalue weighted by molar-refractivity contribution is 5.45. The van der Waals surface area contributed by atoms with Crippen LogP contribution < -0.4 is 5.32 Å². The molecule has 0 aliphatic rings. The Morgan fingerprint density at radius 1 is 1.10 bits per heavy atom. The monoisotopic (exact) mass is 266 g/mol. The van der Waals surface area contributed by atoms with Crippen LogP contribution in [0.15, 0.2) is 42.6 Å². The zero-order valence-electron chi connectivity index (χ0n) is 11.8. The lowest BCUT2D eigenvalue weighted by Crippen LogP contribution is -2.06. The van der Waals surface area contributed by atoms with Gasteiger partial charge in [0.2, 0.25) is 5.95 Å². The molecule has 0 saturated carbocycles. The number of aryl methyl sites for hydroxylation is 2. The van der Waals surface area contributed by atoms with Crippen LogP contribution >= 0.6 is 0 Å². The SMILES string of the molecule is Cc1cccc(CCNc2nc3cc(C)ccn3n2)c1. The highest BCUT2D eigenvalue weighted by Gasteiger charge is 2.02. The van der Waals surface area contributed by atoms with Crippen LogP contribution in [-0.2, 0) is 6.42 Å². The van der Waals surface area contributed by atoms with Gasteiger partial charge < -0.3 is 5.32 Å². The molecule has 0 spiro atoms. The number of nitrogens with zero attached hydrogens (tertiary/aromatic N) is 3. The predicted octanol–water partition coefficient (Wildman–Crippen LogP) is 3.00. The molecule has 2 aromatic heterocycles. The van der Waals surface area contributed by atoms with E-state index >= 15 is 0 Å². The Hall–Kier alpha value is -2.36. The van der Waals surface area contributed by atoms with Gasteiger partial charge in [0.05, 0.1) is 0 Å². The van der Waals surface area contributed by atoms with Crippen LogP contribution in [0.2, 0.25) is 0 Å². The summed E-state index contributed by atoms with van der Waals surface area (Å²) >= 11 is 0. The van der Waals surface area contributed by atoms with E-state index in [9.17, 15) is 0 Å². The van der Waals surface area contributed by atoms with Crippen LogP contribution in [0, 0.1) is 13.8 Å². The third kappa shape index (κ3) is 2.79. The van der Waals surface area contributed by atoms with Gasteiger partial charge in [-0.05, 0) is 43.5 Å². The lowest BCUT2D eigenvalue weighted by atomic mass is 10.1. The summed E-state index contributed by atoms with van der Waals surface area (Å²) in [5.41, 5.74) is 4.69. The molecule has 2 heterocycles. The van der Waals surface area contributed by atoms with E-state index in [2.05, 4.69) is 53.5 Å². The van der Waals surface area contributed by atoms with Crippen LogP contribution in [0.1, 0.15) is 16.7 Å². The Morgan fingerprint density at radius 2 is 1.95 bits per heavy atom. The number of hydrogen-bond donors (Lipinski definition) is 1. The highest BCUT2D eigenvalue weighted by atomic mass is 15.3. The first-order valence-corrected chi connectivity index (χ1v) is 6.83. The first kappa shape index (κ1) is 12.7. The molecule has 0 radical (unpaired) electrons. The second kappa shape index (κ2) is 5.33. The number of fused-ring (bicyclic) bond motifs is 1. The van der Waals surface area contributed by atoms with E-state index in [0.717, 1.165) is 18.6 Å². The second-order valence-corrected chi connectivity index (χ2v) is 5.11. The maximum Gasteiger partial charge on any atom is 0.243 e. The van der Waals surface area contributed by atoms with E-state index in [1.165, 1.54) is 16.7 Å². The number of anilines is 1. The molecule has 0 fully saturated rings. The lowest BCUT2D eigenvalue weighted by Gasteiger charge is -2.03. The third-order valence-electron chi connectivity index (χ3n) is 3.27. The minimum atomic E-state index is 0.684. The maximum absolute atomic E-state index is 4.46. The van der Waals surface area contributed by atoms with E-state index in [-0.39, 0.29) is 0 Å². The van der Waals surface area contributed by atoms with Gasteiger partial charge in [-0.15, -0.1) is 5.10 Å². The summed E-state index contributed by atoms with van der Waals surface area (Å²) < 4.78 is 1.79. The Balaban J connectivity index is 1.65. The van der Waals surface area contributed by atoms with Crippen molar-refractivity contribution in [2.24, 2.45) is 0 Å². The number of pyridine rings is 1. The quantitative estimate of drug-likeness (QED) is 0.789. The number of rotatable bonds is 4. The summed E-state index contributed by atoms with van der Waals surface area (Å²) in [6, 6.07) is 12.6. The van der Waals surface area contributed by atoms with Crippen LogP contribution in [0.3, 0.4) is 0 Å². The minimum absolute atomic E-state index is 0.684. The lowest BCUT2D eigenvalue weighted by molar-refractivity contribution is 0.935. The number of benzene rings is 1. The second-order valence-electron chi connectivity index (χ2n) is 5.11. The Bertz CT molecular complexity index is 730. The van der Waals surface area contributed by atoms with Gasteiger partial charge in [0.15, 0.2) is 5.65 Å². The number of nitrogens with one attached hydrogen (secondary N) is 1. The van der Waals surface area contributed by atoms with Crippen LogP contribution in [0.4, 0.5) is 5.95 Å². The van der Waals surface area contributed by atoms with E-state index in [1.807, 2.05) is 18.3 Å². The topological polar surface area (TPSA) is 42.2 Å². The first-order chi connectivity index (χ1) is 9.70. The van der Waals surface area contributed by atoms with Crippen LogP contribution in [-0.4, -0.2) is 21.1 Å². The third-order valence-corrected chi connectivity index (χ3v) is 3.27. The average molecular weight is 266 g/mol. The molecule has 3 aromatic rings. The summed E-state index contributed by atoms with van der Waals surface area (Å²) in [5, 5.41) is 7.68. The van der Waals surface area contributed by atoms with E-state index < -0.39 is 0 Å². The molecule has 1 N–H and O–H groups in total. The van der Waals surface area contributed by atoms with Crippen molar-refractivity contribution in [1.82, 2.24) is 14.6 Å². The van der Waals surface area contributed by atoms with Gasteiger partial charge >= 0.3 is 0 Å². The highest BCUT2D eigenvalue weighted by Crippen LogP contribution is 2.08. The molecule has 0 unspecified atom stereocenters.